The van der Waals surface area contributed by atoms with Crippen molar-refractivity contribution in [3.63, 3.8) is 0 Å². The van der Waals surface area contributed by atoms with Crippen molar-refractivity contribution in [2.75, 3.05) is 19.3 Å². The van der Waals surface area contributed by atoms with Gasteiger partial charge >= 0.3 is 0 Å². The molecule has 190 valence electrons. The van der Waals surface area contributed by atoms with Gasteiger partial charge in [-0.05, 0) is 56.1 Å². The summed E-state index contributed by atoms with van der Waals surface area (Å²) >= 11 is 3.43. The Morgan fingerprint density at radius 3 is 2.78 bits per heavy atom. The molecule has 4 atom stereocenters. The fourth-order valence-electron chi connectivity index (χ4n) is 4.45. The van der Waals surface area contributed by atoms with Crippen LogP contribution in [0.25, 0.3) is 11.3 Å². The number of alkyl halides is 1. The quantitative estimate of drug-likeness (QED) is 0.343. The number of benzene rings is 2. The van der Waals surface area contributed by atoms with E-state index in [4.69, 9.17) is 5.73 Å². The third-order valence-electron chi connectivity index (χ3n) is 6.43. The highest BCUT2D eigenvalue weighted by Gasteiger charge is 2.31. The number of halogens is 3. The van der Waals surface area contributed by atoms with Crippen LogP contribution in [0, 0.1) is 5.82 Å². The number of amides is 1. The first-order valence-corrected chi connectivity index (χ1v) is 12.5. The average Bonchev–Trinajstić information content (AvgIpc) is 2.85. The first-order valence-electron chi connectivity index (χ1n) is 11.7. The molecule has 1 aliphatic carbocycles. The number of rotatable bonds is 7. The van der Waals surface area contributed by atoms with Gasteiger partial charge in [0, 0.05) is 22.5 Å². The zero-order valence-corrected chi connectivity index (χ0v) is 21.3. The van der Waals surface area contributed by atoms with Crippen LogP contribution in [0.15, 0.2) is 53.1 Å². The molecule has 1 fully saturated rings. The lowest BCUT2D eigenvalue weighted by molar-refractivity contribution is 0.0363. The van der Waals surface area contributed by atoms with E-state index in [1.54, 1.807) is 13.1 Å². The number of carbonyl (C=O) groups excluding carboxylic acids is 1. The standard InChI is InChI=1S/C26H28BrF2N5O2/c1-31-12-21(14-3-2-4-17(27)9-14)34-26(36)18-7-5-16(11-19(18)28)24-25(30)32-13-22(33-24)15-6-8-23(35)20(29)10-15/h2-5,7,9,11,13,15,20-21,23,31,35H,6,8,10,12H2,1H3,(H2,30,32)(H,34,36). The predicted molar refractivity (Wildman–Crippen MR) is 138 cm³/mol. The number of aliphatic hydroxyl groups is 1. The molecule has 0 radical (unpaired) electrons. The summed E-state index contributed by atoms with van der Waals surface area (Å²) < 4.78 is 30.0. The van der Waals surface area contributed by atoms with Gasteiger partial charge in [-0.1, -0.05) is 34.1 Å². The minimum absolute atomic E-state index is 0.103. The maximum atomic E-state index is 15.1. The second-order valence-electron chi connectivity index (χ2n) is 8.96. The molecule has 4 unspecified atom stereocenters. The number of anilines is 1. The zero-order chi connectivity index (χ0) is 25.8. The molecule has 1 aromatic heterocycles. The van der Waals surface area contributed by atoms with Gasteiger partial charge in [0.2, 0.25) is 0 Å². The fourth-order valence-corrected chi connectivity index (χ4v) is 4.87. The molecule has 0 bridgehead atoms. The highest BCUT2D eigenvalue weighted by molar-refractivity contribution is 9.10. The van der Waals surface area contributed by atoms with Gasteiger partial charge in [-0.2, -0.15) is 0 Å². The third kappa shape index (κ3) is 5.88. The molecule has 1 amide bonds. The second-order valence-corrected chi connectivity index (χ2v) is 9.87. The smallest absolute Gasteiger partial charge is 0.254 e. The Bertz CT molecular complexity index is 1240. The SMILES string of the molecule is CNCC(NC(=O)c1ccc(-c2nc(C3CCC(O)C(F)C3)cnc2N)cc1F)c1cccc(Br)c1. The summed E-state index contributed by atoms with van der Waals surface area (Å²) in [7, 11) is 1.77. The first kappa shape index (κ1) is 26.1. The second kappa shape index (κ2) is 11.4. The minimum Gasteiger partial charge on any atom is -0.390 e. The normalized spacial score (nSPS) is 20.6. The van der Waals surface area contributed by atoms with Crippen LogP contribution in [-0.2, 0) is 0 Å². The highest BCUT2D eigenvalue weighted by atomic mass is 79.9. The Kier molecular flexibility index (Phi) is 8.28. The Hall–Kier alpha value is -2.95. The number of nitrogens with two attached hydrogens (primary N) is 1. The van der Waals surface area contributed by atoms with E-state index in [2.05, 4.69) is 36.5 Å². The van der Waals surface area contributed by atoms with Gasteiger partial charge in [-0.25, -0.2) is 18.7 Å². The summed E-state index contributed by atoms with van der Waals surface area (Å²) in [6, 6.07) is 11.3. The van der Waals surface area contributed by atoms with Crippen LogP contribution < -0.4 is 16.4 Å². The Morgan fingerprint density at radius 2 is 2.08 bits per heavy atom. The molecule has 1 heterocycles. The Balaban J connectivity index is 1.56. The number of aliphatic hydroxyl groups excluding tert-OH is 1. The van der Waals surface area contributed by atoms with E-state index < -0.39 is 24.0 Å². The van der Waals surface area contributed by atoms with Crippen molar-refractivity contribution in [2.24, 2.45) is 0 Å². The van der Waals surface area contributed by atoms with E-state index in [-0.39, 0.29) is 35.5 Å². The van der Waals surface area contributed by atoms with E-state index in [0.717, 1.165) is 10.0 Å². The zero-order valence-electron chi connectivity index (χ0n) is 19.7. The third-order valence-corrected chi connectivity index (χ3v) is 6.92. The number of hydrogen-bond acceptors (Lipinski definition) is 6. The van der Waals surface area contributed by atoms with E-state index in [1.807, 2.05) is 24.3 Å². The Labute approximate surface area is 216 Å². The van der Waals surface area contributed by atoms with Gasteiger partial charge < -0.3 is 21.5 Å². The summed E-state index contributed by atoms with van der Waals surface area (Å²) in [5.74, 6) is -1.39. The number of aromatic nitrogens is 2. The molecule has 36 heavy (non-hydrogen) atoms. The molecular formula is C26H28BrF2N5O2. The lowest BCUT2D eigenvalue weighted by Gasteiger charge is -2.28. The number of likely N-dealkylation sites (N-methyl/N-ethyl adjacent to an activating group) is 1. The molecule has 1 aliphatic rings. The summed E-state index contributed by atoms with van der Waals surface area (Å²) in [4.78, 5) is 21.7. The number of hydrogen-bond donors (Lipinski definition) is 4. The van der Waals surface area contributed by atoms with Crippen molar-refractivity contribution >= 4 is 27.7 Å². The van der Waals surface area contributed by atoms with Crippen molar-refractivity contribution in [2.45, 2.75) is 43.5 Å². The van der Waals surface area contributed by atoms with Crippen LogP contribution in [0.5, 0.6) is 0 Å². The summed E-state index contributed by atoms with van der Waals surface area (Å²) in [6.45, 7) is 0.457. The number of carbonyl (C=O) groups is 1. The predicted octanol–water partition coefficient (Wildman–Crippen LogP) is 4.28. The maximum absolute atomic E-state index is 15.1. The van der Waals surface area contributed by atoms with Crippen LogP contribution in [-0.4, -0.2) is 46.8 Å². The van der Waals surface area contributed by atoms with Crippen molar-refractivity contribution in [1.82, 2.24) is 20.6 Å². The maximum Gasteiger partial charge on any atom is 0.254 e. The summed E-state index contributed by atoms with van der Waals surface area (Å²) in [6.07, 6.45) is 0.241. The molecule has 3 aromatic rings. The largest absolute Gasteiger partial charge is 0.390 e. The highest BCUT2D eigenvalue weighted by Crippen LogP contribution is 2.35. The summed E-state index contributed by atoms with van der Waals surface area (Å²) in [5, 5.41) is 15.6. The molecule has 0 aliphatic heterocycles. The van der Waals surface area contributed by atoms with E-state index in [1.165, 1.54) is 18.3 Å². The summed E-state index contributed by atoms with van der Waals surface area (Å²) in [5.41, 5.74) is 7.95. The monoisotopic (exact) mass is 559 g/mol. The van der Waals surface area contributed by atoms with Crippen LogP contribution in [0.2, 0.25) is 0 Å². The topological polar surface area (TPSA) is 113 Å². The van der Waals surface area contributed by atoms with Crippen molar-refractivity contribution < 1.29 is 18.7 Å². The van der Waals surface area contributed by atoms with Crippen LogP contribution in [0.4, 0.5) is 14.6 Å². The number of nitrogens with zero attached hydrogens (tertiary/aromatic N) is 2. The molecule has 1 saturated carbocycles. The van der Waals surface area contributed by atoms with Crippen LogP contribution >= 0.6 is 15.9 Å². The molecular weight excluding hydrogens is 532 g/mol. The van der Waals surface area contributed by atoms with Crippen molar-refractivity contribution in [1.29, 1.82) is 0 Å². The average molecular weight is 560 g/mol. The van der Waals surface area contributed by atoms with E-state index >= 15 is 4.39 Å². The van der Waals surface area contributed by atoms with Gasteiger partial charge in [0.05, 0.1) is 29.6 Å². The number of nitrogen functional groups attached to an aromatic ring is 1. The molecule has 2 aromatic carbocycles. The lowest BCUT2D eigenvalue weighted by Crippen LogP contribution is -2.35. The minimum atomic E-state index is -1.33. The lowest BCUT2D eigenvalue weighted by atomic mass is 9.84. The van der Waals surface area contributed by atoms with E-state index in [9.17, 15) is 14.3 Å². The molecule has 7 nitrogen and oxygen atoms in total. The molecule has 4 rings (SSSR count). The van der Waals surface area contributed by atoms with Gasteiger partial charge in [0.1, 0.15) is 23.5 Å². The number of nitrogens with one attached hydrogen (secondary N) is 2. The van der Waals surface area contributed by atoms with Gasteiger partial charge in [0.25, 0.3) is 5.91 Å². The van der Waals surface area contributed by atoms with Crippen molar-refractivity contribution in [3.8, 4) is 11.3 Å². The van der Waals surface area contributed by atoms with Gasteiger partial charge in [-0.15, -0.1) is 0 Å². The molecule has 0 saturated heterocycles. The molecule has 5 N–H and O–H groups in total. The van der Waals surface area contributed by atoms with Crippen molar-refractivity contribution in [3.05, 3.63) is 75.8 Å². The van der Waals surface area contributed by atoms with E-state index in [0.29, 0.717) is 30.6 Å². The van der Waals surface area contributed by atoms with Gasteiger partial charge in [0.15, 0.2) is 0 Å². The fraction of sp³-hybridized carbons (Fsp3) is 0.346. The molecule has 0 spiro atoms. The van der Waals surface area contributed by atoms with Gasteiger partial charge in [-0.3, -0.25) is 4.79 Å². The van der Waals surface area contributed by atoms with Crippen LogP contribution in [0.3, 0.4) is 0 Å². The first-order chi connectivity index (χ1) is 17.3. The molecule has 10 heteroatoms. The Morgan fingerprint density at radius 1 is 1.28 bits per heavy atom. The van der Waals surface area contributed by atoms with Crippen LogP contribution in [0.1, 0.15) is 52.8 Å².